The average Bonchev–Trinajstić information content (AvgIpc) is 3.56. The van der Waals surface area contributed by atoms with Crippen molar-refractivity contribution < 1.29 is 4.79 Å². The number of hydrogen-bond acceptors (Lipinski definition) is 7. The molecule has 0 radical (unpaired) electrons. The Balaban J connectivity index is 1.35. The maximum absolute atomic E-state index is 12.9. The summed E-state index contributed by atoms with van der Waals surface area (Å²) < 4.78 is 1.67. The fourth-order valence-corrected chi connectivity index (χ4v) is 4.75. The molecule has 0 spiro atoms. The maximum Gasteiger partial charge on any atom is 0.265 e. The Hall–Kier alpha value is -3.95. The molecule has 3 aromatic heterocycles. The van der Waals surface area contributed by atoms with Crippen LogP contribution in [0.2, 0.25) is 0 Å². The highest BCUT2D eigenvalue weighted by atomic mass is 32.1. The SMILES string of the molecule is Nc1ccc(-n2cc(-c3ccc(C(=O)Nc4cc(-c5cccs5)ccc4N)s3)nn2)cc1. The highest BCUT2D eigenvalue weighted by Gasteiger charge is 2.15. The second kappa shape index (κ2) is 8.29. The lowest BCUT2D eigenvalue weighted by atomic mass is 10.1. The first-order valence-electron chi connectivity index (χ1n) is 9.70. The lowest BCUT2D eigenvalue weighted by Crippen LogP contribution is -2.11. The quantitative estimate of drug-likeness (QED) is 0.316. The van der Waals surface area contributed by atoms with Crippen molar-refractivity contribution in [3.63, 3.8) is 0 Å². The van der Waals surface area contributed by atoms with Crippen LogP contribution >= 0.6 is 22.7 Å². The Morgan fingerprint density at radius 1 is 0.969 bits per heavy atom. The van der Waals surface area contributed by atoms with Crippen LogP contribution in [0.3, 0.4) is 0 Å². The van der Waals surface area contributed by atoms with E-state index >= 15 is 0 Å². The number of aromatic nitrogens is 3. The zero-order valence-electron chi connectivity index (χ0n) is 16.7. The van der Waals surface area contributed by atoms with E-state index in [9.17, 15) is 4.79 Å². The molecule has 0 bridgehead atoms. The molecular formula is C23H18N6OS2. The van der Waals surface area contributed by atoms with E-state index in [0.717, 1.165) is 21.0 Å². The predicted octanol–water partition coefficient (Wildman–Crippen LogP) is 5.14. The van der Waals surface area contributed by atoms with Crippen molar-refractivity contribution in [3.8, 4) is 26.7 Å². The van der Waals surface area contributed by atoms with Gasteiger partial charge in [0.2, 0.25) is 0 Å². The van der Waals surface area contributed by atoms with E-state index in [4.69, 9.17) is 11.5 Å². The third-order valence-electron chi connectivity index (χ3n) is 4.84. The van der Waals surface area contributed by atoms with Crippen molar-refractivity contribution in [2.75, 3.05) is 16.8 Å². The van der Waals surface area contributed by atoms with Crippen molar-refractivity contribution in [2.24, 2.45) is 0 Å². The third kappa shape index (κ3) is 3.98. The molecular weight excluding hydrogens is 440 g/mol. The minimum absolute atomic E-state index is 0.220. The molecule has 158 valence electrons. The summed E-state index contributed by atoms with van der Waals surface area (Å²) in [6.45, 7) is 0. The first-order valence-corrected chi connectivity index (χ1v) is 11.4. The molecule has 9 heteroatoms. The number of nitrogens with zero attached hydrogens (tertiary/aromatic N) is 3. The van der Waals surface area contributed by atoms with Crippen LogP contribution in [0.5, 0.6) is 0 Å². The van der Waals surface area contributed by atoms with Crippen molar-refractivity contribution in [1.82, 2.24) is 15.0 Å². The molecule has 5 rings (SSSR count). The van der Waals surface area contributed by atoms with Crippen molar-refractivity contribution in [1.29, 1.82) is 0 Å². The van der Waals surface area contributed by atoms with Gasteiger partial charge in [0.15, 0.2) is 0 Å². The van der Waals surface area contributed by atoms with Gasteiger partial charge >= 0.3 is 0 Å². The van der Waals surface area contributed by atoms with E-state index in [1.165, 1.54) is 11.3 Å². The van der Waals surface area contributed by atoms with E-state index in [1.807, 2.05) is 66.2 Å². The summed E-state index contributed by atoms with van der Waals surface area (Å²) >= 11 is 2.98. The summed E-state index contributed by atoms with van der Waals surface area (Å²) in [6.07, 6.45) is 1.82. The molecule has 2 aromatic carbocycles. The van der Waals surface area contributed by atoms with Gasteiger partial charge in [-0.2, -0.15) is 0 Å². The van der Waals surface area contributed by atoms with E-state index < -0.39 is 0 Å². The third-order valence-corrected chi connectivity index (χ3v) is 6.87. The van der Waals surface area contributed by atoms with Crippen LogP contribution in [0.4, 0.5) is 17.1 Å². The van der Waals surface area contributed by atoms with Gasteiger partial charge < -0.3 is 16.8 Å². The number of nitrogens with one attached hydrogen (secondary N) is 1. The molecule has 1 amide bonds. The van der Waals surface area contributed by atoms with Crippen LogP contribution in [-0.4, -0.2) is 20.9 Å². The molecule has 0 fully saturated rings. The smallest absolute Gasteiger partial charge is 0.265 e. The van der Waals surface area contributed by atoms with Gasteiger partial charge in [0.1, 0.15) is 5.69 Å². The van der Waals surface area contributed by atoms with Gasteiger partial charge in [0.05, 0.1) is 33.0 Å². The second-order valence-corrected chi connectivity index (χ2v) is 9.07. The number of nitrogen functional groups attached to an aromatic ring is 2. The highest BCUT2D eigenvalue weighted by molar-refractivity contribution is 7.17. The molecule has 5 aromatic rings. The molecule has 32 heavy (non-hydrogen) atoms. The molecule has 5 N–H and O–H groups in total. The number of amides is 1. The Morgan fingerprint density at radius 3 is 2.59 bits per heavy atom. The van der Waals surface area contributed by atoms with Gasteiger partial charge in [-0.15, -0.1) is 27.8 Å². The monoisotopic (exact) mass is 458 g/mol. The molecule has 0 saturated heterocycles. The summed E-state index contributed by atoms with van der Waals surface area (Å²) in [5, 5.41) is 13.4. The summed E-state index contributed by atoms with van der Waals surface area (Å²) in [4.78, 5) is 15.4. The first-order chi connectivity index (χ1) is 15.6. The lowest BCUT2D eigenvalue weighted by Gasteiger charge is -2.09. The number of anilines is 3. The van der Waals surface area contributed by atoms with Gasteiger partial charge in [0, 0.05) is 10.6 Å². The molecule has 0 aliphatic carbocycles. The average molecular weight is 459 g/mol. The standard InChI is InChI=1S/C23H18N6OS2/c24-15-4-6-16(7-5-15)29-13-19(27-28-29)21-9-10-22(32-21)23(30)26-18-12-14(3-8-17(18)25)20-2-1-11-31-20/h1-13H,24-25H2,(H,26,30). The highest BCUT2D eigenvalue weighted by Crippen LogP contribution is 2.32. The molecule has 0 aliphatic heterocycles. The molecule has 3 heterocycles. The van der Waals surface area contributed by atoms with Crippen molar-refractivity contribution >= 4 is 45.6 Å². The normalized spacial score (nSPS) is 10.9. The van der Waals surface area contributed by atoms with Crippen LogP contribution in [-0.2, 0) is 0 Å². The fraction of sp³-hybridized carbons (Fsp3) is 0. The van der Waals surface area contributed by atoms with Gasteiger partial charge in [-0.3, -0.25) is 4.79 Å². The molecule has 0 aliphatic rings. The number of nitrogens with two attached hydrogens (primary N) is 2. The lowest BCUT2D eigenvalue weighted by molar-refractivity contribution is 0.103. The molecule has 0 saturated carbocycles. The summed E-state index contributed by atoms with van der Waals surface area (Å²) in [6, 6.07) is 20.7. The minimum Gasteiger partial charge on any atom is -0.399 e. The Morgan fingerprint density at radius 2 is 1.81 bits per heavy atom. The number of rotatable bonds is 5. The largest absolute Gasteiger partial charge is 0.399 e. The van der Waals surface area contributed by atoms with E-state index in [1.54, 1.807) is 28.2 Å². The van der Waals surface area contributed by atoms with E-state index in [-0.39, 0.29) is 5.91 Å². The van der Waals surface area contributed by atoms with E-state index in [0.29, 0.717) is 27.6 Å². The maximum atomic E-state index is 12.9. The van der Waals surface area contributed by atoms with Crippen LogP contribution < -0.4 is 16.8 Å². The van der Waals surface area contributed by atoms with E-state index in [2.05, 4.69) is 15.6 Å². The number of thiophene rings is 2. The van der Waals surface area contributed by atoms with Gasteiger partial charge in [-0.1, -0.05) is 17.3 Å². The zero-order valence-corrected chi connectivity index (χ0v) is 18.4. The summed E-state index contributed by atoms with van der Waals surface area (Å²) in [7, 11) is 0. The zero-order chi connectivity index (χ0) is 22.1. The summed E-state index contributed by atoms with van der Waals surface area (Å²) in [5.41, 5.74) is 16.2. The van der Waals surface area contributed by atoms with Gasteiger partial charge in [0.25, 0.3) is 5.91 Å². The minimum atomic E-state index is -0.220. The van der Waals surface area contributed by atoms with Crippen LogP contribution in [0.25, 0.3) is 26.7 Å². The topological polar surface area (TPSA) is 112 Å². The van der Waals surface area contributed by atoms with Crippen LogP contribution in [0.1, 0.15) is 9.67 Å². The number of benzene rings is 2. The van der Waals surface area contributed by atoms with Crippen LogP contribution in [0.15, 0.2) is 78.3 Å². The van der Waals surface area contributed by atoms with Gasteiger partial charge in [-0.25, -0.2) is 4.68 Å². The first kappa shape index (κ1) is 20.0. The number of hydrogen-bond donors (Lipinski definition) is 3. The number of carbonyl (C=O) groups is 1. The Labute approximate surface area is 191 Å². The molecule has 7 nitrogen and oxygen atoms in total. The Bertz CT molecular complexity index is 1390. The fourth-order valence-electron chi connectivity index (χ4n) is 3.17. The van der Waals surface area contributed by atoms with Crippen molar-refractivity contribution in [2.45, 2.75) is 0 Å². The molecule has 0 unspecified atom stereocenters. The Kier molecular flexibility index (Phi) is 5.18. The van der Waals surface area contributed by atoms with Crippen LogP contribution in [0, 0.1) is 0 Å². The summed E-state index contributed by atoms with van der Waals surface area (Å²) in [5.74, 6) is -0.220. The van der Waals surface area contributed by atoms with Gasteiger partial charge in [-0.05, 0) is 65.5 Å². The number of carbonyl (C=O) groups excluding carboxylic acids is 1. The molecule has 0 atom stereocenters. The predicted molar refractivity (Wildman–Crippen MR) is 131 cm³/mol. The second-order valence-electron chi connectivity index (χ2n) is 7.04. The van der Waals surface area contributed by atoms with Crippen molar-refractivity contribution in [3.05, 3.63) is 83.2 Å².